The third kappa shape index (κ3) is 4.54. The molecule has 0 saturated heterocycles. The van der Waals surface area contributed by atoms with Gasteiger partial charge in [0.2, 0.25) is 0 Å². The van der Waals surface area contributed by atoms with Crippen molar-refractivity contribution in [1.29, 1.82) is 0 Å². The highest BCUT2D eigenvalue weighted by Crippen LogP contribution is 2.24. The van der Waals surface area contributed by atoms with Crippen molar-refractivity contribution in [2.45, 2.75) is 33.9 Å². The van der Waals surface area contributed by atoms with Gasteiger partial charge in [0.15, 0.2) is 11.5 Å². The molecule has 1 amide bonds. The number of carbonyl (C=O) groups is 1. The molecular formula is C24H23FN4O3. The Bertz CT molecular complexity index is 1260. The second-order valence-electron chi connectivity index (χ2n) is 7.50. The van der Waals surface area contributed by atoms with Gasteiger partial charge >= 0.3 is 0 Å². The summed E-state index contributed by atoms with van der Waals surface area (Å²) in [5.74, 6) is 0.806. The Balaban J connectivity index is 1.45. The molecule has 0 atom stereocenters. The monoisotopic (exact) mass is 434 g/mol. The number of anilines is 1. The number of halogens is 1. The zero-order chi connectivity index (χ0) is 22.7. The summed E-state index contributed by atoms with van der Waals surface area (Å²) < 4.78 is 26.6. The van der Waals surface area contributed by atoms with Gasteiger partial charge in [-0.2, -0.15) is 5.10 Å². The quantitative estimate of drug-likeness (QED) is 0.451. The third-order valence-corrected chi connectivity index (χ3v) is 5.30. The molecule has 7 nitrogen and oxygen atoms in total. The third-order valence-electron chi connectivity index (χ3n) is 5.30. The molecule has 0 aliphatic rings. The van der Waals surface area contributed by atoms with Crippen LogP contribution in [0.25, 0.3) is 0 Å². The Morgan fingerprint density at radius 3 is 2.75 bits per heavy atom. The average Bonchev–Trinajstić information content (AvgIpc) is 3.37. The molecule has 0 aliphatic heterocycles. The summed E-state index contributed by atoms with van der Waals surface area (Å²) in [6, 6.07) is 13.9. The summed E-state index contributed by atoms with van der Waals surface area (Å²) >= 11 is 0. The Morgan fingerprint density at radius 1 is 1.12 bits per heavy atom. The number of nitrogens with one attached hydrogen (secondary N) is 1. The lowest BCUT2D eigenvalue weighted by Gasteiger charge is -2.11. The topological polar surface area (TPSA) is 82.2 Å². The van der Waals surface area contributed by atoms with E-state index in [0.717, 1.165) is 16.9 Å². The lowest BCUT2D eigenvalue weighted by Crippen LogP contribution is -2.16. The molecule has 0 radical (unpaired) electrons. The maximum atomic E-state index is 13.9. The van der Waals surface area contributed by atoms with Crippen molar-refractivity contribution in [3.8, 4) is 5.75 Å². The summed E-state index contributed by atoms with van der Waals surface area (Å²) in [5.41, 5.74) is 3.36. The van der Waals surface area contributed by atoms with Crippen molar-refractivity contribution >= 4 is 11.7 Å². The normalized spacial score (nSPS) is 10.9. The van der Waals surface area contributed by atoms with E-state index in [9.17, 15) is 9.18 Å². The summed E-state index contributed by atoms with van der Waals surface area (Å²) in [4.78, 5) is 12.8. The van der Waals surface area contributed by atoms with Gasteiger partial charge < -0.3 is 14.6 Å². The number of hydrogen-bond acceptors (Lipinski definition) is 5. The van der Waals surface area contributed by atoms with Crippen LogP contribution in [0.2, 0.25) is 0 Å². The van der Waals surface area contributed by atoms with E-state index in [1.54, 1.807) is 42.1 Å². The largest absolute Gasteiger partial charge is 0.488 e. The van der Waals surface area contributed by atoms with Gasteiger partial charge in [0.05, 0.1) is 12.1 Å². The van der Waals surface area contributed by atoms with Crippen LogP contribution in [-0.2, 0) is 13.2 Å². The van der Waals surface area contributed by atoms with E-state index < -0.39 is 5.91 Å². The zero-order valence-corrected chi connectivity index (χ0v) is 18.1. The van der Waals surface area contributed by atoms with Gasteiger partial charge in [0.1, 0.15) is 23.9 Å². The maximum Gasteiger partial charge on any atom is 0.279 e. The number of aromatic nitrogens is 3. The minimum Gasteiger partial charge on any atom is -0.488 e. The first kappa shape index (κ1) is 21.3. The molecule has 32 heavy (non-hydrogen) atoms. The van der Waals surface area contributed by atoms with Gasteiger partial charge in [-0.15, -0.1) is 0 Å². The minimum atomic E-state index is -0.461. The molecule has 0 bridgehead atoms. The first-order chi connectivity index (χ1) is 15.4. The van der Waals surface area contributed by atoms with E-state index in [-0.39, 0.29) is 24.7 Å². The number of aryl methyl sites for hydroxylation is 2. The number of ether oxygens (including phenoxy) is 1. The van der Waals surface area contributed by atoms with Crippen molar-refractivity contribution < 1.29 is 18.4 Å². The molecule has 0 fully saturated rings. The fraction of sp³-hybridized carbons (Fsp3) is 0.208. The molecule has 4 aromatic rings. The predicted octanol–water partition coefficient (Wildman–Crippen LogP) is 4.82. The van der Waals surface area contributed by atoms with Crippen molar-refractivity contribution in [3.63, 3.8) is 0 Å². The molecule has 8 heteroatoms. The van der Waals surface area contributed by atoms with E-state index >= 15 is 0 Å². The summed E-state index contributed by atoms with van der Waals surface area (Å²) in [6.07, 6.45) is 1.67. The van der Waals surface area contributed by atoms with E-state index in [2.05, 4.69) is 15.6 Å². The summed E-state index contributed by atoms with van der Waals surface area (Å²) in [6.45, 7) is 6.12. The number of rotatable bonds is 7. The molecule has 164 valence electrons. The Labute approximate surface area is 184 Å². The van der Waals surface area contributed by atoms with Crippen LogP contribution < -0.4 is 10.1 Å². The van der Waals surface area contributed by atoms with Gasteiger partial charge in [0.25, 0.3) is 5.91 Å². The summed E-state index contributed by atoms with van der Waals surface area (Å²) in [5, 5.41) is 10.9. The number of hydrogen-bond donors (Lipinski definition) is 1. The van der Waals surface area contributed by atoms with E-state index in [4.69, 9.17) is 9.26 Å². The summed E-state index contributed by atoms with van der Waals surface area (Å²) in [7, 11) is 0. The van der Waals surface area contributed by atoms with E-state index in [0.29, 0.717) is 22.7 Å². The lowest BCUT2D eigenvalue weighted by atomic mass is 10.1. The van der Waals surface area contributed by atoms with Crippen molar-refractivity contribution in [2.75, 3.05) is 5.32 Å². The first-order valence-electron chi connectivity index (χ1n) is 10.1. The second-order valence-corrected chi connectivity index (χ2v) is 7.50. The van der Waals surface area contributed by atoms with E-state index in [1.807, 2.05) is 32.0 Å². The van der Waals surface area contributed by atoms with E-state index in [1.165, 1.54) is 6.07 Å². The van der Waals surface area contributed by atoms with Gasteiger partial charge in [-0.1, -0.05) is 35.5 Å². The minimum absolute atomic E-state index is 0.136. The molecule has 0 unspecified atom stereocenters. The zero-order valence-electron chi connectivity index (χ0n) is 18.1. The number of carbonyl (C=O) groups excluding carboxylic acids is 1. The molecule has 0 spiro atoms. The highest BCUT2D eigenvalue weighted by atomic mass is 19.1. The molecule has 2 aromatic carbocycles. The van der Waals surface area contributed by atoms with Crippen LogP contribution in [0.15, 0.2) is 59.3 Å². The van der Waals surface area contributed by atoms with Gasteiger partial charge in [-0.3, -0.25) is 9.48 Å². The van der Waals surface area contributed by atoms with Crippen LogP contribution in [0.3, 0.4) is 0 Å². The Hall–Kier alpha value is -3.94. The standard InChI is InChI=1S/C24H23FN4O3/c1-15-7-6-10-21(16(15)2)31-14-19-17(3)32-28-23(19)24(30)26-22-11-12-29(27-22)13-18-8-4-5-9-20(18)25/h4-12H,13-14H2,1-3H3,(H,26,27,30). The fourth-order valence-electron chi connectivity index (χ4n) is 3.26. The fourth-order valence-corrected chi connectivity index (χ4v) is 3.26. The average molecular weight is 434 g/mol. The molecule has 0 aliphatic carbocycles. The second kappa shape index (κ2) is 9.05. The Kier molecular flexibility index (Phi) is 6.02. The number of nitrogens with zero attached hydrogens (tertiary/aromatic N) is 3. The SMILES string of the molecule is Cc1cccc(OCc2c(C(=O)Nc3ccn(Cc4ccccc4F)n3)noc2C)c1C. The van der Waals surface area contributed by atoms with Gasteiger partial charge in [-0.05, 0) is 44.0 Å². The van der Waals surface area contributed by atoms with Crippen molar-refractivity contribution in [2.24, 2.45) is 0 Å². The predicted molar refractivity (Wildman–Crippen MR) is 117 cm³/mol. The molecular weight excluding hydrogens is 411 g/mol. The van der Waals surface area contributed by atoms with Crippen LogP contribution in [0.5, 0.6) is 5.75 Å². The molecule has 2 aromatic heterocycles. The highest BCUT2D eigenvalue weighted by molar-refractivity contribution is 6.03. The van der Waals surface area contributed by atoms with Gasteiger partial charge in [0, 0.05) is 17.8 Å². The van der Waals surface area contributed by atoms with Crippen LogP contribution >= 0.6 is 0 Å². The molecule has 2 heterocycles. The van der Waals surface area contributed by atoms with Crippen LogP contribution in [0, 0.1) is 26.6 Å². The smallest absolute Gasteiger partial charge is 0.279 e. The molecule has 1 N–H and O–H groups in total. The van der Waals surface area contributed by atoms with Crippen LogP contribution in [0.1, 0.15) is 38.5 Å². The molecule has 0 saturated carbocycles. The maximum absolute atomic E-state index is 13.9. The first-order valence-corrected chi connectivity index (χ1v) is 10.1. The van der Waals surface area contributed by atoms with Crippen LogP contribution in [0.4, 0.5) is 10.2 Å². The van der Waals surface area contributed by atoms with Crippen molar-refractivity contribution in [1.82, 2.24) is 14.9 Å². The number of amides is 1. The van der Waals surface area contributed by atoms with Gasteiger partial charge in [-0.25, -0.2) is 4.39 Å². The highest BCUT2D eigenvalue weighted by Gasteiger charge is 2.21. The number of benzene rings is 2. The lowest BCUT2D eigenvalue weighted by molar-refractivity contribution is 0.101. The molecule has 4 rings (SSSR count). The Morgan fingerprint density at radius 2 is 1.94 bits per heavy atom. The van der Waals surface area contributed by atoms with Crippen molar-refractivity contribution in [3.05, 3.63) is 94.3 Å². The van der Waals surface area contributed by atoms with Crippen LogP contribution in [-0.4, -0.2) is 20.8 Å².